The first kappa shape index (κ1) is 14.2. The number of allylic oxidation sites excluding steroid dienone is 2. The Labute approximate surface area is 134 Å². The molecule has 1 aromatic carbocycles. The molecule has 2 bridgehead atoms. The Morgan fingerprint density at radius 2 is 1.65 bits per heavy atom. The lowest BCUT2D eigenvalue weighted by atomic mass is 9.85. The Bertz CT molecular complexity index is 667. The third-order valence-corrected chi connectivity index (χ3v) is 5.18. The van der Waals surface area contributed by atoms with Gasteiger partial charge in [-0.3, -0.25) is 19.3 Å². The van der Waals surface area contributed by atoms with Crippen molar-refractivity contribution in [2.45, 2.75) is 12.8 Å². The first-order chi connectivity index (χ1) is 11.1. The van der Waals surface area contributed by atoms with Gasteiger partial charge < -0.3 is 5.32 Å². The summed E-state index contributed by atoms with van der Waals surface area (Å²) < 4.78 is 0. The van der Waals surface area contributed by atoms with Gasteiger partial charge in [0.25, 0.3) is 0 Å². The lowest BCUT2D eigenvalue weighted by molar-refractivity contribution is -0.140. The molecule has 1 aliphatic heterocycles. The van der Waals surface area contributed by atoms with Crippen LogP contribution in [0.3, 0.4) is 0 Å². The summed E-state index contributed by atoms with van der Waals surface area (Å²) in [5, 5.41) is 2.78. The maximum absolute atomic E-state index is 12.5. The van der Waals surface area contributed by atoms with Crippen molar-refractivity contribution in [1.29, 1.82) is 0 Å². The van der Waals surface area contributed by atoms with Crippen LogP contribution in [0, 0.1) is 23.7 Å². The molecule has 23 heavy (non-hydrogen) atoms. The Balaban J connectivity index is 1.38. The molecule has 0 aromatic heterocycles. The molecule has 5 nitrogen and oxygen atoms in total. The first-order valence-corrected chi connectivity index (χ1v) is 8.03. The van der Waals surface area contributed by atoms with Crippen molar-refractivity contribution >= 4 is 23.4 Å². The summed E-state index contributed by atoms with van der Waals surface area (Å²) >= 11 is 0. The van der Waals surface area contributed by atoms with E-state index in [1.807, 2.05) is 18.2 Å². The zero-order chi connectivity index (χ0) is 16.0. The van der Waals surface area contributed by atoms with Gasteiger partial charge in [-0.2, -0.15) is 0 Å². The highest BCUT2D eigenvalue weighted by Gasteiger charge is 2.58. The highest BCUT2D eigenvalue weighted by Crippen LogP contribution is 2.52. The minimum atomic E-state index is -0.185. The molecular formula is C18H18N2O3. The molecule has 1 saturated carbocycles. The van der Waals surface area contributed by atoms with Crippen molar-refractivity contribution in [2.24, 2.45) is 23.7 Å². The number of hydrogen-bond acceptors (Lipinski definition) is 3. The molecule has 4 atom stereocenters. The normalized spacial score (nSPS) is 30.9. The number of amides is 3. The van der Waals surface area contributed by atoms with E-state index in [4.69, 9.17) is 0 Å². The topological polar surface area (TPSA) is 66.5 Å². The summed E-state index contributed by atoms with van der Waals surface area (Å²) in [5.41, 5.74) is 0.718. The van der Waals surface area contributed by atoms with Crippen molar-refractivity contribution in [3.63, 3.8) is 0 Å². The van der Waals surface area contributed by atoms with Gasteiger partial charge in [-0.15, -0.1) is 0 Å². The fourth-order valence-corrected chi connectivity index (χ4v) is 4.14. The van der Waals surface area contributed by atoms with Crippen LogP contribution in [0.25, 0.3) is 0 Å². The van der Waals surface area contributed by atoms with Gasteiger partial charge in [-0.25, -0.2) is 0 Å². The lowest BCUT2D eigenvalue weighted by Gasteiger charge is -2.16. The van der Waals surface area contributed by atoms with Crippen LogP contribution in [0.1, 0.15) is 12.8 Å². The van der Waals surface area contributed by atoms with E-state index in [9.17, 15) is 14.4 Å². The van der Waals surface area contributed by atoms with E-state index in [2.05, 4.69) is 17.5 Å². The van der Waals surface area contributed by atoms with Crippen molar-refractivity contribution in [3.05, 3.63) is 42.5 Å². The molecule has 0 radical (unpaired) electrons. The number of carbonyl (C=O) groups is 3. The maximum atomic E-state index is 12.5. The highest BCUT2D eigenvalue weighted by molar-refractivity contribution is 6.06. The Kier molecular flexibility index (Phi) is 3.29. The first-order valence-electron chi connectivity index (χ1n) is 8.03. The number of anilines is 1. The monoisotopic (exact) mass is 310 g/mol. The number of hydrogen-bond donors (Lipinski definition) is 1. The maximum Gasteiger partial charge on any atom is 0.233 e. The van der Waals surface area contributed by atoms with Gasteiger partial charge in [0.05, 0.1) is 11.8 Å². The van der Waals surface area contributed by atoms with Crippen LogP contribution in [0.5, 0.6) is 0 Å². The van der Waals surface area contributed by atoms with E-state index in [1.54, 1.807) is 12.1 Å². The number of fused-ring (bicyclic) bond motifs is 5. The molecule has 4 rings (SSSR count). The van der Waals surface area contributed by atoms with E-state index in [1.165, 1.54) is 4.90 Å². The largest absolute Gasteiger partial charge is 0.326 e. The number of benzene rings is 1. The molecule has 2 aliphatic carbocycles. The minimum Gasteiger partial charge on any atom is -0.326 e. The number of imide groups is 1. The van der Waals surface area contributed by atoms with Crippen LogP contribution in [0.15, 0.2) is 42.5 Å². The van der Waals surface area contributed by atoms with Gasteiger partial charge >= 0.3 is 0 Å². The van der Waals surface area contributed by atoms with Crippen LogP contribution in [0.4, 0.5) is 5.69 Å². The van der Waals surface area contributed by atoms with Crippen molar-refractivity contribution in [1.82, 2.24) is 4.90 Å². The van der Waals surface area contributed by atoms with Gasteiger partial charge in [-0.05, 0) is 30.4 Å². The zero-order valence-corrected chi connectivity index (χ0v) is 12.6. The third-order valence-electron chi connectivity index (χ3n) is 5.18. The van der Waals surface area contributed by atoms with Gasteiger partial charge in [0.2, 0.25) is 17.7 Å². The quantitative estimate of drug-likeness (QED) is 0.681. The minimum absolute atomic E-state index is 0.0932. The predicted molar refractivity (Wildman–Crippen MR) is 84.1 cm³/mol. The average Bonchev–Trinajstić information content (AvgIpc) is 3.22. The Morgan fingerprint density at radius 3 is 2.26 bits per heavy atom. The summed E-state index contributed by atoms with van der Waals surface area (Å²) in [7, 11) is 0. The number of carbonyl (C=O) groups excluding carboxylic acids is 3. The average molecular weight is 310 g/mol. The van der Waals surface area contributed by atoms with Gasteiger partial charge in [-0.1, -0.05) is 30.4 Å². The number of rotatable bonds is 4. The molecule has 118 valence electrons. The molecule has 0 spiro atoms. The summed E-state index contributed by atoms with van der Waals surface area (Å²) in [5.74, 6) is -0.317. The van der Waals surface area contributed by atoms with E-state index < -0.39 is 0 Å². The number of nitrogens with one attached hydrogen (secondary N) is 1. The zero-order valence-electron chi connectivity index (χ0n) is 12.6. The second-order valence-corrected chi connectivity index (χ2v) is 6.49. The fraction of sp³-hybridized carbons (Fsp3) is 0.389. The van der Waals surface area contributed by atoms with Crippen molar-refractivity contribution in [3.8, 4) is 0 Å². The van der Waals surface area contributed by atoms with Gasteiger partial charge in [0.15, 0.2) is 0 Å². The summed E-state index contributed by atoms with van der Waals surface area (Å²) in [6, 6.07) is 9.16. The van der Waals surface area contributed by atoms with Crippen molar-refractivity contribution in [2.75, 3.05) is 11.9 Å². The lowest BCUT2D eigenvalue weighted by Crippen LogP contribution is -2.35. The van der Waals surface area contributed by atoms with E-state index in [-0.39, 0.29) is 54.4 Å². The van der Waals surface area contributed by atoms with Crippen LogP contribution >= 0.6 is 0 Å². The van der Waals surface area contributed by atoms with Crippen LogP contribution in [0.2, 0.25) is 0 Å². The van der Waals surface area contributed by atoms with Crippen molar-refractivity contribution < 1.29 is 14.4 Å². The van der Waals surface area contributed by atoms with E-state index in [0.29, 0.717) is 0 Å². The number of nitrogens with zero attached hydrogens (tertiary/aromatic N) is 1. The Morgan fingerprint density at radius 1 is 1.04 bits per heavy atom. The number of para-hydroxylation sites is 1. The summed E-state index contributed by atoms with van der Waals surface area (Å²) in [4.78, 5) is 38.3. The van der Waals surface area contributed by atoms with Gasteiger partial charge in [0, 0.05) is 18.7 Å². The molecular weight excluding hydrogens is 292 g/mol. The molecule has 1 heterocycles. The summed E-state index contributed by atoms with van der Waals surface area (Å²) in [6.07, 6.45) is 5.20. The fourth-order valence-electron chi connectivity index (χ4n) is 4.14. The van der Waals surface area contributed by atoms with Crippen LogP contribution in [-0.2, 0) is 14.4 Å². The molecule has 3 aliphatic rings. The van der Waals surface area contributed by atoms with E-state index >= 15 is 0 Å². The summed E-state index contributed by atoms with van der Waals surface area (Å²) in [6.45, 7) is 0.169. The molecule has 1 aromatic rings. The second-order valence-electron chi connectivity index (χ2n) is 6.49. The Hall–Kier alpha value is -2.43. The van der Waals surface area contributed by atoms with Gasteiger partial charge in [0.1, 0.15) is 0 Å². The molecule has 1 N–H and O–H groups in total. The third kappa shape index (κ3) is 2.27. The SMILES string of the molecule is O=C(CCN1C(=O)[C@@H]2[C@@H](C1=O)[C@H]1C=C[C@@H]2C1)Nc1ccccc1. The molecule has 0 unspecified atom stereocenters. The number of likely N-dealkylation sites (tertiary alicyclic amines) is 1. The van der Waals surface area contributed by atoms with Crippen LogP contribution < -0.4 is 5.32 Å². The molecule has 1 saturated heterocycles. The molecule has 3 amide bonds. The molecule has 2 fully saturated rings. The van der Waals surface area contributed by atoms with Crippen LogP contribution in [-0.4, -0.2) is 29.2 Å². The smallest absolute Gasteiger partial charge is 0.233 e. The van der Waals surface area contributed by atoms with E-state index in [0.717, 1.165) is 12.1 Å². The highest BCUT2D eigenvalue weighted by atomic mass is 16.2. The molecule has 5 heteroatoms. The predicted octanol–water partition coefficient (Wildman–Crippen LogP) is 1.82. The standard InChI is InChI=1S/C18H18N2O3/c21-14(19-13-4-2-1-3-5-13)8-9-20-17(22)15-11-6-7-12(10-11)16(15)18(20)23/h1-7,11-12,15-16H,8-10H2,(H,19,21)/t11-,12+,15-,16-/m0/s1. The second kappa shape index (κ2) is 5.33.